The minimum atomic E-state index is -0.283. The van der Waals surface area contributed by atoms with Crippen LogP contribution in [0.15, 0.2) is 72.9 Å². The molecule has 2 amide bonds. The van der Waals surface area contributed by atoms with Crippen molar-refractivity contribution in [3.05, 3.63) is 95.3 Å². The molecule has 0 unspecified atom stereocenters. The predicted molar refractivity (Wildman–Crippen MR) is 181 cm³/mol. The lowest BCUT2D eigenvalue weighted by Crippen LogP contribution is -2.36. The summed E-state index contributed by atoms with van der Waals surface area (Å²) in [6.07, 6.45) is 4.15. The van der Waals surface area contributed by atoms with Gasteiger partial charge in [-0.05, 0) is 61.6 Å². The molecular weight excluding hydrogens is 592 g/mol. The average Bonchev–Trinajstić information content (AvgIpc) is 3.81. The fourth-order valence-electron chi connectivity index (χ4n) is 6.53. The molecule has 4 heterocycles. The van der Waals surface area contributed by atoms with E-state index in [0.717, 1.165) is 77.8 Å². The molecule has 0 radical (unpaired) electrons. The Bertz CT molecular complexity index is 1890. The van der Waals surface area contributed by atoms with Gasteiger partial charge < -0.3 is 20.1 Å². The fourth-order valence-corrected chi connectivity index (χ4v) is 6.53. The Labute approximate surface area is 274 Å². The SMILES string of the molecule is Cc1ccc(-n2nc(C(C)(C)C)cc2NC(=O)N[C@H]2CC[C@@H](Oc3ccc4nnc(N5CC[C@H](CO)C5)n4c3)c3ccccc32)cc1. The maximum absolute atomic E-state index is 13.5. The zero-order valence-electron chi connectivity index (χ0n) is 27.3. The summed E-state index contributed by atoms with van der Waals surface area (Å²) in [6, 6.07) is 21.6. The molecule has 1 fully saturated rings. The quantitative estimate of drug-likeness (QED) is 0.197. The molecule has 244 valence electrons. The van der Waals surface area contributed by atoms with Gasteiger partial charge in [-0.3, -0.25) is 9.72 Å². The number of fused-ring (bicyclic) bond motifs is 2. The summed E-state index contributed by atoms with van der Waals surface area (Å²) >= 11 is 0. The van der Waals surface area contributed by atoms with Gasteiger partial charge in [-0.1, -0.05) is 62.7 Å². The monoisotopic (exact) mass is 634 g/mol. The first kappa shape index (κ1) is 30.7. The van der Waals surface area contributed by atoms with Crippen LogP contribution in [0.4, 0.5) is 16.6 Å². The summed E-state index contributed by atoms with van der Waals surface area (Å²) in [5.74, 6) is 2.35. The molecule has 2 aliphatic rings. The summed E-state index contributed by atoms with van der Waals surface area (Å²) in [5.41, 5.74) is 5.59. The number of aliphatic hydroxyl groups is 1. The van der Waals surface area contributed by atoms with Gasteiger partial charge in [-0.2, -0.15) is 5.10 Å². The van der Waals surface area contributed by atoms with Crippen LogP contribution in [0.2, 0.25) is 0 Å². The van der Waals surface area contributed by atoms with Crippen molar-refractivity contribution >= 4 is 23.4 Å². The van der Waals surface area contributed by atoms with Crippen molar-refractivity contribution in [3.8, 4) is 11.4 Å². The average molecular weight is 635 g/mol. The van der Waals surface area contributed by atoms with Crippen LogP contribution >= 0.6 is 0 Å². The summed E-state index contributed by atoms with van der Waals surface area (Å²) in [5, 5.41) is 29.5. The maximum atomic E-state index is 13.5. The Morgan fingerprint density at radius 3 is 2.53 bits per heavy atom. The number of aryl methyl sites for hydroxylation is 1. The Hall–Kier alpha value is -4.90. The number of carbonyl (C=O) groups excluding carboxylic acids is 1. The maximum Gasteiger partial charge on any atom is 0.320 e. The second-order valence-electron chi connectivity index (χ2n) is 13.8. The zero-order chi connectivity index (χ0) is 32.7. The molecule has 2 aromatic carbocycles. The highest BCUT2D eigenvalue weighted by atomic mass is 16.5. The highest BCUT2D eigenvalue weighted by molar-refractivity contribution is 5.89. The number of anilines is 2. The predicted octanol–water partition coefficient (Wildman–Crippen LogP) is 6.12. The van der Waals surface area contributed by atoms with E-state index in [-0.39, 0.29) is 36.1 Å². The van der Waals surface area contributed by atoms with Crippen LogP contribution in [0.25, 0.3) is 11.3 Å². The van der Waals surface area contributed by atoms with Crippen molar-refractivity contribution in [2.45, 2.75) is 64.5 Å². The summed E-state index contributed by atoms with van der Waals surface area (Å²) in [7, 11) is 0. The van der Waals surface area contributed by atoms with Crippen molar-refractivity contribution < 1.29 is 14.6 Å². The standard InChI is InChI=1S/C36H42N8O3/c1-23-9-11-25(12-10-23)44-33(19-31(41-44)36(2,3)4)38-34(46)37-29-14-15-30(28-8-6-5-7-27(28)29)47-26-13-16-32-39-40-35(43(32)21-26)42-18-17-24(20-42)22-45/h5-13,16,19,21,24,29-30,45H,14-15,17-18,20,22H2,1-4H3,(H2,37,38,46)/t24-,29-,30+/m0/s1. The third-order valence-corrected chi connectivity index (χ3v) is 9.20. The number of rotatable bonds is 7. The number of carbonyl (C=O) groups is 1. The van der Waals surface area contributed by atoms with E-state index in [4.69, 9.17) is 9.84 Å². The lowest BCUT2D eigenvalue weighted by atomic mass is 9.85. The minimum absolute atomic E-state index is 0.174. The Kier molecular flexibility index (Phi) is 8.09. The van der Waals surface area contributed by atoms with E-state index < -0.39 is 0 Å². The van der Waals surface area contributed by atoms with Gasteiger partial charge >= 0.3 is 6.03 Å². The Morgan fingerprint density at radius 1 is 1.00 bits per heavy atom. The van der Waals surface area contributed by atoms with Crippen molar-refractivity contribution in [2.75, 3.05) is 29.9 Å². The van der Waals surface area contributed by atoms with E-state index in [1.54, 1.807) is 4.68 Å². The Balaban J connectivity index is 1.08. The van der Waals surface area contributed by atoms with Gasteiger partial charge in [-0.15, -0.1) is 10.2 Å². The molecule has 11 heteroatoms. The van der Waals surface area contributed by atoms with Crippen LogP contribution in [0, 0.1) is 12.8 Å². The molecule has 1 aliphatic carbocycles. The molecular formula is C36H42N8O3. The lowest BCUT2D eigenvalue weighted by molar-refractivity contribution is 0.171. The highest BCUT2D eigenvalue weighted by Gasteiger charge is 2.31. The minimum Gasteiger partial charge on any atom is -0.484 e. The molecule has 3 atom stereocenters. The first-order valence-corrected chi connectivity index (χ1v) is 16.4. The number of urea groups is 1. The molecule has 0 spiro atoms. The second kappa shape index (κ2) is 12.4. The van der Waals surface area contributed by atoms with Crippen molar-refractivity contribution in [1.29, 1.82) is 0 Å². The van der Waals surface area contributed by atoms with Crippen LogP contribution in [0.3, 0.4) is 0 Å². The summed E-state index contributed by atoms with van der Waals surface area (Å²) in [6.45, 7) is 10.2. The van der Waals surface area contributed by atoms with E-state index in [0.29, 0.717) is 5.82 Å². The fraction of sp³-hybridized carbons (Fsp3) is 0.389. The van der Waals surface area contributed by atoms with Gasteiger partial charge in [0.25, 0.3) is 0 Å². The molecule has 5 aromatic rings. The third-order valence-electron chi connectivity index (χ3n) is 9.20. The first-order valence-electron chi connectivity index (χ1n) is 16.4. The number of hydrogen-bond donors (Lipinski definition) is 3. The van der Waals surface area contributed by atoms with Crippen LogP contribution in [-0.2, 0) is 5.41 Å². The van der Waals surface area contributed by atoms with Gasteiger partial charge in [-0.25, -0.2) is 9.48 Å². The van der Waals surface area contributed by atoms with E-state index >= 15 is 0 Å². The van der Waals surface area contributed by atoms with Crippen LogP contribution in [0.5, 0.6) is 5.75 Å². The van der Waals surface area contributed by atoms with Crippen molar-refractivity contribution in [1.82, 2.24) is 29.7 Å². The number of hydrogen-bond acceptors (Lipinski definition) is 7. The topological polar surface area (TPSA) is 122 Å². The first-order chi connectivity index (χ1) is 22.7. The van der Waals surface area contributed by atoms with Crippen molar-refractivity contribution in [2.24, 2.45) is 5.92 Å². The highest BCUT2D eigenvalue weighted by Crippen LogP contribution is 2.39. The molecule has 3 aromatic heterocycles. The van der Waals surface area contributed by atoms with Gasteiger partial charge in [0.1, 0.15) is 17.7 Å². The van der Waals surface area contributed by atoms with Crippen LogP contribution < -0.4 is 20.3 Å². The largest absolute Gasteiger partial charge is 0.484 e. The van der Waals surface area contributed by atoms with Crippen LogP contribution in [-0.4, -0.2) is 55.2 Å². The van der Waals surface area contributed by atoms with E-state index in [1.807, 2.05) is 72.1 Å². The van der Waals surface area contributed by atoms with Crippen LogP contribution in [0.1, 0.15) is 74.6 Å². The summed E-state index contributed by atoms with van der Waals surface area (Å²) in [4.78, 5) is 15.7. The number of aliphatic hydroxyl groups excluding tert-OH is 1. The number of nitrogens with one attached hydrogen (secondary N) is 2. The third kappa shape index (κ3) is 6.27. The molecule has 0 saturated carbocycles. The molecule has 7 rings (SSSR count). The Morgan fingerprint density at radius 2 is 1.79 bits per heavy atom. The van der Waals surface area contributed by atoms with E-state index in [2.05, 4.69) is 58.6 Å². The van der Waals surface area contributed by atoms with Gasteiger partial charge in [0, 0.05) is 37.1 Å². The number of ether oxygens (including phenoxy) is 1. The van der Waals surface area contributed by atoms with E-state index in [9.17, 15) is 9.90 Å². The number of nitrogens with zero attached hydrogens (tertiary/aromatic N) is 6. The molecule has 1 aliphatic heterocycles. The molecule has 11 nitrogen and oxygen atoms in total. The second-order valence-corrected chi connectivity index (χ2v) is 13.8. The number of benzene rings is 2. The smallest absolute Gasteiger partial charge is 0.320 e. The molecule has 0 bridgehead atoms. The summed E-state index contributed by atoms with van der Waals surface area (Å²) < 4.78 is 10.4. The molecule has 47 heavy (non-hydrogen) atoms. The normalized spacial score (nSPS) is 19.5. The van der Waals surface area contributed by atoms with Gasteiger partial charge in [0.15, 0.2) is 5.65 Å². The van der Waals surface area contributed by atoms with E-state index in [1.165, 1.54) is 0 Å². The molecule has 3 N–H and O–H groups in total. The number of pyridine rings is 1. The molecule has 1 saturated heterocycles. The number of aromatic nitrogens is 5. The van der Waals surface area contributed by atoms with Crippen molar-refractivity contribution in [3.63, 3.8) is 0 Å². The van der Waals surface area contributed by atoms with Gasteiger partial charge in [0.05, 0.1) is 23.6 Å². The zero-order valence-corrected chi connectivity index (χ0v) is 27.3. The van der Waals surface area contributed by atoms with Gasteiger partial charge in [0.2, 0.25) is 5.95 Å². The lowest BCUT2D eigenvalue weighted by Gasteiger charge is -2.32. The number of amides is 2.